The molecular formula is C21H21F3N2O2. The summed E-state index contributed by atoms with van der Waals surface area (Å²) < 4.78 is 38.5. The predicted octanol–water partition coefficient (Wildman–Crippen LogP) is 4.27. The maximum Gasteiger partial charge on any atom is 0.416 e. The molecule has 1 heterocycles. The maximum absolute atomic E-state index is 12.8. The summed E-state index contributed by atoms with van der Waals surface area (Å²) in [5.41, 5.74) is 1.44. The van der Waals surface area contributed by atoms with Crippen molar-refractivity contribution in [2.45, 2.75) is 44.3 Å². The van der Waals surface area contributed by atoms with Crippen molar-refractivity contribution in [1.29, 1.82) is 0 Å². The highest BCUT2D eigenvalue weighted by Crippen LogP contribution is 2.34. The van der Waals surface area contributed by atoms with Crippen LogP contribution in [0, 0.1) is 0 Å². The molecule has 0 saturated heterocycles. The third-order valence-electron chi connectivity index (χ3n) is 4.74. The number of amides is 2. The number of halogens is 3. The number of rotatable bonds is 5. The molecule has 148 valence electrons. The van der Waals surface area contributed by atoms with Crippen LogP contribution >= 0.6 is 0 Å². The summed E-state index contributed by atoms with van der Waals surface area (Å²) in [7, 11) is 0. The summed E-state index contributed by atoms with van der Waals surface area (Å²) in [6.45, 7) is 1.75. The highest BCUT2D eigenvalue weighted by Gasteiger charge is 2.30. The van der Waals surface area contributed by atoms with Crippen LogP contribution in [-0.2, 0) is 22.2 Å². The number of benzene rings is 2. The van der Waals surface area contributed by atoms with E-state index in [9.17, 15) is 22.8 Å². The van der Waals surface area contributed by atoms with Crippen molar-refractivity contribution in [2.24, 2.45) is 0 Å². The Bertz CT molecular complexity index is 880. The first-order valence-corrected chi connectivity index (χ1v) is 9.06. The van der Waals surface area contributed by atoms with Crippen molar-refractivity contribution in [3.05, 3.63) is 65.2 Å². The van der Waals surface area contributed by atoms with Crippen LogP contribution in [0.15, 0.2) is 48.5 Å². The molecule has 1 aliphatic rings. The third kappa shape index (κ3) is 4.91. The van der Waals surface area contributed by atoms with E-state index in [0.717, 1.165) is 17.7 Å². The Labute approximate surface area is 161 Å². The van der Waals surface area contributed by atoms with Gasteiger partial charge in [-0.15, -0.1) is 0 Å². The van der Waals surface area contributed by atoms with Gasteiger partial charge in [-0.2, -0.15) is 13.2 Å². The van der Waals surface area contributed by atoms with Gasteiger partial charge < -0.3 is 10.6 Å². The van der Waals surface area contributed by atoms with E-state index in [1.807, 2.05) is 18.2 Å². The lowest BCUT2D eigenvalue weighted by molar-refractivity contribution is -0.137. The fourth-order valence-corrected chi connectivity index (χ4v) is 3.52. The Morgan fingerprint density at radius 3 is 2.71 bits per heavy atom. The molecule has 4 nitrogen and oxygen atoms in total. The second-order valence-corrected chi connectivity index (χ2v) is 7.11. The Morgan fingerprint density at radius 2 is 1.96 bits per heavy atom. The fraction of sp³-hybridized carbons (Fsp3) is 0.333. The topological polar surface area (TPSA) is 58.2 Å². The number of hydrogen-bond donors (Lipinski definition) is 2. The van der Waals surface area contributed by atoms with Crippen LogP contribution in [0.1, 0.15) is 42.4 Å². The summed E-state index contributed by atoms with van der Waals surface area (Å²) in [5, 5.41) is 5.62. The molecule has 2 aromatic rings. The number of alkyl halides is 3. The van der Waals surface area contributed by atoms with Crippen LogP contribution in [0.4, 0.5) is 18.9 Å². The van der Waals surface area contributed by atoms with Gasteiger partial charge in [0, 0.05) is 30.5 Å². The first-order valence-electron chi connectivity index (χ1n) is 9.06. The van der Waals surface area contributed by atoms with Gasteiger partial charge in [0.1, 0.15) is 0 Å². The molecule has 2 amide bonds. The molecule has 28 heavy (non-hydrogen) atoms. The van der Waals surface area contributed by atoms with E-state index in [4.69, 9.17) is 0 Å². The summed E-state index contributed by atoms with van der Waals surface area (Å²) in [6, 6.07) is 12.1. The Morgan fingerprint density at radius 1 is 1.21 bits per heavy atom. The fourth-order valence-electron chi connectivity index (χ4n) is 3.52. The number of anilines is 1. The Balaban J connectivity index is 1.60. The van der Waals surface area contributed by atoms with Crippen LogP contribution in [0.25, 0.3) is 0 Å². The van der Waals surface area contributed by atoms with Gasteiger partial charge in [0.2, 0.25) is 11.8 Å². The van der Waals surface area contributed by atoms with Gasteiger partial charge in [0.05, 0.1) is 5.56 Å². The van der Waals surface area contributed by atoms with Gasteiger partial charge >= 0.3 is 6.18 Å². The maximum atomic E-state index is 12.8. The lowest BCUT2D eigenvalue weighted by Gasteiger charge is -2.25. The van der Waals surface area contributed by atoms with Crippen LogP contribution in [0.3, 0.4) is 0 Å². The van der Waals surface area contributed by atoms with E-state index in [1.165, 1.54) is 6.07 Å². The van der Waals surface area contributed by atoms with Gasteiger partial charge in [0.15, 0.2) is 0 Å². The average molecular weight is 390 g/mol. The molecule has 7 heteroatoms. The molecule has 0 spiro atoms. The zero-order valence-corrected chi connectivity index (χ0v) is 15.3. The van der Waals surface area contributed by atoms with Crippen molar-refractivity contribution in [3.8, 4) is 0 Å². The Hall–Kier alpha value is -2.83. The van der Waals surface area contributed by atoms with Gasteiger partial charge in [-0.05, 0) is 36.6 Å². The first kappa shape index (κ1) is 19.9. The number of hydrogen-bond acceptors (Lipinski definition) is 2. The van der Waals surface area contributed by atoms with E-state index in [-0.39, 0.29) is 43.0 Å². The van der Waals surface area contributed by atoms with Gasteiger partial charge in [-0.1, -0.05) is 36.4 Å². The highest BCUT2D eigenvalue weighted by molar-refractivity contribution is 5.95. The summed E-state index contributed by atoms with van der Waals surface area (Å²) in [5.74, 6) is -0.576. The molecular weight excluding hydrogens is 369 g/mol. The average Bonchev–Trinajstić information content (AvgIpc) is 2.60. The predicted molar refractivity (Wildman–Crippen MR) is 99.8 cm³/mol. The van der Waals surface area contributed by atoms with Crippen LogP contribution in [-0.4, -0.2) is 17.9 Å². The van der Waals surface area contributed by atoms with Gasteiger partial charge in [0.25, 0.3) is 0 Å². The quantitative estimate of drug-likeness (QED) is 0.801. The van der Waals surface area contributed by atoms with Gasteiger partial charge in [-0.25, -0.2) is 0 Å². The largest absolute Gasteiger partial charge is 0.416 e. The zero-order valence-electron chi connectivity index (χ0n) is 15.3. The molecule has 2 atom stereocenters. The monoisotopic (exact) mass is 390 g/mol. The van der Waals surface area contributed by atoms with Crippen molar-refractivity contribution in [2.75, 3.05) is 5.32 Å². The second-order valence-electron chi connectivity index (χ2n) is 7.11. The standard InChI is InChI=1S/C21H21F3N2O2/c1-13(9-14-5-4-6-16(10-14)21(22,23)24)25-19(27)11-15-12-20(28)26-18-8-3-2-7-17(15)18/h2-8,10,13,15H,9,11-12H2,1H3,(H,25,27)(H,26,28)/t13-,15?/m1/s1. The van der Waals surface area contributed by atoms with E-state index in [1.54, 1.807) is 19.1 Å². The molecule has 0 saturated carbocycles. The molecule has 0 radical (unpaired) electrons. The molecule has 2 aromatic carbocycles. The molecule has 0 aromatic heterocycles. The zero-order chi connectivity index (χ0) is 20.3. The van der Waals surface area contributed by atoms with Crippen LogP contribution < -0.4 is 10.6 Å². The normalized spacial score (nSPS) is 17.4. The smallest absolute Gasteiger partial charge is 0.353 e. The third-order valence-corrected chi connectivity index (χ3v) is 4.74. The minimum atomic E-state index is -4.39. The van der Waals surface area contributed by atoms with Crippen LogP contribution in [0.2, 0.25) is 0 Å². The van der Waals surface area contributed by atoms with Crippen molar-refractivity contribution in [1.82, 2.24) is 5.32 Å². The van der Waals surface area contributed by atoms with Crippen molar-refractivity contribution < 1.29 is 22.8 Å². The summed E-state index contributed by atoms with van der Waals surface area (Å²) >= 11 is 0. The molecule has 3 rings (SSSR count). The lowest BCUT2D eigenvalue weighted by atomic mass is 9.87. The van der Waals surface area contributed by atoms with Gasteiger partial charge in [-0.3, -0.25) is 9.59 Å². The number of carbonyl (C=O) groups is 2. The molecule has 0 aliphatic carbocycles. The van der Waals surface area contributed by atoms with Crippen LogP contribution in [0.5, 0.6) is 0 Å². The minimum absolute atomic E-state index is 0.131. The van der Waals surface area contributed by atoms with Crippen molar-refractivity contribution >= 4 is 17.5 Å². The highest BCUT2D eigenvalue weighted by atomic mass is 19.4. The summed E-state index contributed by atoms with van der Waals surface area (Å²) in [6.07, 6.45) is -3.72. The molecule has 2 N–H and O–H groups in total. The number of nitrogens with one attached hydrogen (secondary N) is 2. The number of para-hydroxylation sites is 1. The second kappa shape index (κ2) is 8.04. The number of fused-ring (bicyclic) bond motifs is 1. The van der Waals surface area contributed by atoms with E-state index >= 15 is 0 Å². The molecule has 1 aliphatic heterocycles. The van der Waals surface area contributed by atoms with Crippen molar-refractivity contribution in [3.63, 3.8) is 0 Å². The Kier molecular flexibility index (Phi) is 5.72. The lowest BCUT2D eigenvalue weighted by Crippen LogP contribution is -2.36. The minimum Gasteiger partial charge on any atom is -0.353 e. The van der Waals surface area contributed by atoms with E-state index < -0.39 is 11.7 Å². The first-order chi connectivity index (χ1) is 13.2. The molecule has 0 fully saturated rings. The molecule has 0 bridgehead atoms. The molecule has 1 unspecified atom stereocenters. The van der Waals surface area contributed by atoms with E-state index in [2.05, 4.69) is 10.6 Å². The SMILES string of the molecule is C[C@H](Cc1cccc(C(F)(F)F)c1)NC(=O)CC1CC(=O)Nc2ccccc21. The summed E-state index contributed by atoms with van der Waals surface area (Å²) in [4.78, 5) is 24.3. The van der Waals surface area contributed by atoms with E-state index in [0.29, 0.717) is 11.3 Å². The number of carbonyl (C=O) groups excluding carboxylic acids is 2.